The van der Waals surface area contributed by atoms with Gasteiger partial charge in [0.1, 0.15) is 10.7 Å². The van der Waals surface area contributed by atoms with Crippen LogP contribution in [0.2, 0.25) is 0 Å². The van der Waals surface area contributed by atoms with Crippen LogP contribution in [0.1, 0.15) is 12.8 Å². The molecule has 3 nitrogen and oxygen atoms in total. The van der Waals surface area contributed by atoms with Crippen LogP contribution in [0.4, 0.5) is 4.39 Å². The molecule has 90 valence electrons. The van der Waals surface area contributed by atoms with Crippen molar-refractivity contribution in [2.45, 2.75) is 17.7 Å². The zero-order valence-corrected chi connectivity index (χ0v) is 9.97. The fraction of sp³-hybridized carbons (Fsp3) is 0.455. The van der Waals surface area contributed by atoms with E-state index in [4.69, 9.17) is 4.74 Å². The van der Waals surface area contributed by atoms with Gasteiger partial charge in [0.15, 0.2) is 9.84 Å². The summed E-state index contributed by atoms with van der Waals surface area (Å²) in [5.74, 6) is -0.730. The van der Waals surface area contributed by atoms with Crippen LogP contribution in [0.5, 0.6) is 0 Å². The highest BCUT2D eigenvalue weighted by molar-refractivity contribution is 7.91. The number of unbranched alkanes of at least 4 members (excludes halogenated alkanes) is 1. The minimum atomic E-state index is -3.50. The summed E-state index contributed by atoms with van der Waals surface area (Å²) < 4.78 is 41.5. The molecule has 0 fully saturated rings. The molecule has 1 aromatic rings. The number of halogens is 1. The smallest absolute Gasteiger partial charge is 0.181 e. The average Bonchev–Trinajstić information content (AvgIpc) is 2.25. The molecular weight excluding hydrogens is 231 g/mol. The molecule has 0 heterocycles. The molecule has 1 rings (SSSR count). The minimum absolute atomic E-state index is 0.0444. The lowest BCUT2D eigenvalue weighted by Gasteiger charge is -2.05. The van der Waals surface area contributed by atoms with Gasteiger partial charge in [0, 0.05) is 13.7 Å². The van der Waals surface area contributed by atoms with E-state index in [1.807, 2.05) is 0 Å². The molecule has 0 aliphatic carbocycles. The topological polar surface area (TPSA) is 43.4 Å². The van der Waals surface area contributed by atoms with Crippen molar-refractivity contribution >= 4 is 9.84 Å². The SMILES string of the molecule is COCCCCS(=O)(=O)c1ccccc1F. The predicted molar refractivity (Wildman–Crippen MR) is 59.6 cm³/mol. The largest absolute Gasteiger partial charge is 0.385 e. The lowest BCUT2D eigenvalue weighted by Crippen LogP contribution is -2.09. The van der Waals surface area contributed by atoms with Crippen molar-refractivity contribution in [2.24, 2.45) is 0 Å². The first-order valence-corrected chi connectivity index (χ1v) is 6.69. The molecule has 1 aromatic carbocycles. The summed E-state index contributed by atoms with van der Waals surface area (Å²) in [5.41, 5.74) is 0. The molecule has 0 atom stereocenters. The lowest BCUT2D eigenvalue weighted by molar-refractivity contribution is 0.194. The Balaban J connectivity index is 2.68. The maximum absolute atomic E-state index is 13.3. The molecule has 0 N–H and O–H groups in total. The summed E-state index contributed by atoms with van der Waals surface area (Å²) in [5, 5.41) is 0. The molecule has 0 bridgehead atoms. The van der Waals surface area contributed by atoms with Crippen LogP contribution in [0, 0.1) is 5.82 Å². The number of hydrogen-bond donors (Lipinski definition) is 0. The fourth-order valence-electron chi connectivity index (χ4n) is 1.35. The number of ether oxygens (including phenoxy) is 1. The van der Waals surface area contributed by atoms with E-state index in [1.165, 1.54) is 18.2 Å². The molecule has 0 aromatic heterocycles. The number of methoxy groups -OCH3 is 1. The minimum Gasteiger partial charge on any atom is -0.385 e. The molecular formula is C11H15FO3S. The molecule has 0 unspecified atom stereocenters. The molecule has 0 spiro atoms. The third-order valence-electron chi connectivity index (χ3n) is 2.18. The van der Waals surface area contributed by atoms with E-state index in [9.17, 15) is 12.8 Å². The van der Waals surface area contributed by atoms with Gasteiger partial charge in [-0.3, -0.25) is 0 Å². The highest BCUT2D eigenvalue weighted by Gasteiger charge is 2.17. The van der Waals surface area contributed by atoms with E-state index in [0.717, 1.165) is 6.07 Å². The van der Waals surface area contributed by atoms with Crippen LogP contribution in [0.15, 0.2) is 29.2 Å². The van der Waals surface area contributed by atoms with E-state index >= 15 is 0 Å². The summed E-state index contributed by atoms with van der Waals surface area (Å²) in [7, 11) is -1.94. The van der Waals surface area contributed by atoms with Gasteiger partial charge in [-0.15, -0.1) is 0 Å². The second-order valence-corrected chi connectivity index (χ2v) is 5.53. The van der Waals surface area contributed by atoms with Crippen molar-refractivity contribution in [1.29, 1.82) is 0 Å². The van der Waals surface area contributed by atoms with Crippen LogP contribution in [0.25, 0.3) is 0 Å². The maximum atomic E-state index is 13.3. The van der Waals surface area contributed by atoms with E-state index < -0.39 is 15.7 Å². The van der Waals surface area contributed by atoms with Gasteiger partial charge in [-0.2, -0.15) is 0 Å². The predicted octanol–water partition coefficient (Wildman–Crippen LogP) is 2.03. The van der Waals surface area contributed by atoms with Crippen LogP contribution in [-0.2, 0) is 14.6 Å². The van der Waals surface area contributed by atoms with Crippen molar-refractivity contribution in [3.05, 3.63) is 30.1 Å². The Kier molecular flexibility index (Phi) is 4.89. The lowest BCUT2D eigenvalue weighted by atomic mass is 10.3. The van der Waals surface area contributed by atoms with Crippen LogP contribution in [0.3, 0.4) is 0 Å². The van der Waals surface area contributed by atoms with Gasteiger partial charge in [-0.05, 0) is 25.0 Å². The van der Waals surface area contributed by atoms with E-state index in [2.05, 4.69) is 0 Å². The van der Waals surface area contributed by atoms with Gasteiger partial charge in [-0.1, -0.05) is 12.1 Å². The first kappa shape index (κ1) is 13.1. The van der Waals surface area contributed by atoms with Crippen LogP contribution >= 0.6 is 0 Å². The van der Waals surface area contributed by atoms with Gasteiger partial charge >= 0.3 is 0 Å². The Bertz CT molecular complexity index is 429. The van der Waals surface area contributed by atoms with Crippen LogP contribution < -0.4 is 0 Å². The van der Waals surface area contributed by atoms with Crippen molar-refractivity contribution in [1.82, 2.24) is 0 Å². The molecule has 16 heavy (non-hydrogen) atoms. The monoisotopic (exact) mass is 246 g/mol. The molecule has 0 saturated heterocycles. The molecule has 0 amide bonds. The van der Waals surface area contributed by atoms with Crippen molar-refractivity contribution in [2.75, 3.05) is 19.5 Å². The fourth-order valence-corrected chi connectivity index (χ4v) is 2.80. The van der Waals surface area contributed by atoms with Gasteiger partial charge in [-0.25, -0.2) is 12.8 Å². The standard InChI is InChI=1S/C11H15FO3S/c1-15-8-4-5-9-16(13,14)11-7-3-2-6-10(11)12/h2-3,6-7H,4-5,8-9H2,1H3. The zero-order valence-electron chi connectivity index (χ0n) is 9.15. The molecule has 0 aliphatic rings. The molecule has 0 aliphatic heterocycles. The van der Waals surface area contributed by atoms with Crippen LogP contribution in [-0.4, -0.2) is 27.9 Å². The second kappa shape index (κ2) is 5.96. The molecule has 5 heteroatoms. The summed E-state index contributed by atoms with van der Waals surface area (Å²) in [6.45, 7) is 0.521. The first-order chi connectivity index (χ1) is 7.58. The third kappa shape index (κ3) is 3.57. The summed E-state index contributed by atoms with van der Waals surface area (Å²) in [4.78, 5) is -0.215. The van der Waals surface area contributed by atoms with Crippen molar-refractivity contribution in [3.8, 4) is 0 Å². The number of benzene rings is 1. The summed E-state index contributed by atoms with van der Waals surface area (Å²) in [6.07, 6.45) is 1.13. The van der Waals surface area contributed by atoms with Crippen molar-refractivity contribution in [3.63, 3.8) is 0 Å². The van der Waals surface area contributed by atoms with Crippen molar-refractivity contribution < 1.29 is 17.5 Å². The quantitative estimate of drug-likeness (QED) is 0.721. The van der Waals surface area contributed by atoms with E-state index in [1.54, 1.807) is 7.11 Å². The number of rotatable bonds is 6. The van der Waals surface area contributed by atoms with Gasteiger partial charge in [0.2, 0.25) is 0 Å². The maximum Gasteiger partial charge on any atom is 0.181 e. The Labute approximate surface area is 95.2 Å². The number of sulfone groups is 1. The Morgan fingerprint density at radius 3 is 2.56 bits per heavy atom. The van der Waals surface area contributed by atoms with E-state index in [-0.39, 0.29) is 10.6 Å². The molecule has 0 radical (unpaired) electrons. The Morgan fingerprint density at radius 2 is 1.94 bits per heavy atom. The summed E-state index contributed by atoms with van der Waals surface area (Å²) >= 11 is 0. The Morgan fingerprint density at radius 1 is 1.25 bits per heavy atom. The molecule has 0 saturated carbocycles. The highest BCUT2D eigenvalue weighted by atomic mass is 32.2. The Hall–Kier alpha value is -0.940. The average molecular weight is 246 g/mol. The van der Waals surface area contributed by atoms with E-state index in [0.29, 0.717) is 19.4 Å². The number of hydrogen-bond acceptors (Lipinski definition) is 3. The zero-order chi connectivity index (χ0) is 12.0. The van der Waals surface area contributed by atoms with Gasteiger partial charge in [0.05, 0.1) is 5.75 Å². The highest BCUT2D eigenvalue weighted by Crippen LogP contribution is 2.16. The van der Waals surface area contributed by atoms with Gasteiger partial charge < -0.3 is 4.74 Å². The normalized spacial score (nSPS) is 11.6. The summed E-state index contributed by atoms with van der Waals surface area (Å²) in [6, 6.07) is 5.44. The first-order valence-electron chi connectivity index (χ1n) is 5.04. The third-order valence-corrected chi connectivity index (χ3v) is 4.01. The second-order valence-electron chi connectivity index (χ2n) is 3.45. The van der Waals surface area contributed by atoms with Gasteiger partial charge in [0.25, 0.3) is 0 Å².